The van der Waals surface area contributed by atoms with Gasteiger partial charge < -0.3 is 10.1 Å². The number of hydrogen-bond donors (Lipinski definition) is 2. The van der Waals surface area contributed by atoms with E-state index in [1.54, 1.807) is 13.0 Å². The number of urea groups is 1. The summed E-state index contributed by atoms with van der Waals surface area (Å²) < 4.78 is 5.15. The Labute approximate surface area is 144 Å². The predicted molar refractivity (Wildman–Crippen MR) is 90.1 cm³/mol. The fraction of sp³-hybridized carbons (Fsp3) is 0.176. The molecular formula is C17H17N3O5. The van der Waals surface area contributed by atoms with Crippen molar-refractivity contribution in [3.8, 4) is 5.75 Å². The molecule has 0 aliphatic heterocycles. The number of aryl methyl sites for hydroxylation is 1. The SMILES string of the molecule is Cc1ccc(OCC(=O)NC(=O)NCc2ccccc2)c([N+](=O)[O-])c1. The first-order valence-electron chi connectivity index (χ1n) is 7.45. The lowest BCUT2D eigenvalue weighted by atomic mass is 10.2. The van der Waals surface area contributed by atoms with Gasteiger partial charge in [-0.25, -0.2) is 4.79 Å². The molecule has 0 aliphatic rings. The van der Waals surface area contributed by atoms with E-state index >= 15 is 0 Å². The lowest BCUT2D eigenvalue weighted by molar-refractivity contribution is -0.385. The van der Waals surface area contributed by atoms with Crippen LogP contribution in [-0.2, 0) is 11.3 Å². The second-order valence-corrected chi connectivity index (χ2v) is 5.23. The minimum Gasteiger partial charge on any atom is -0.477 e. The van der Waals surface area contributed by atoms with Gasteiger partial charge in [-0.05, 0) is 24.1 Å². The van der Waals surface area contributed by atoms with Gasteiger partial charge in [-0.15, -0.1) is 0 Å². The molecular weight excluding hydrogens is 326 g/mol. The van der Waals surface area contributed by atoms with Crippen molar-refractivity contribution in [1.82, 2.24) is 10.6 Å². The summed E-state index contributed by atoms with van der Waals surface area (Å²) in [5.41, 5.74) is 1.35. The molecule has 25 heavy (non-hydrogen) atoms. The quantitative estimate of drug-likeness (QED) is 0.618. The molecule has 2 aromatic carbocycles. The lowest BCUT2D eigenvalue weighted by Gasteiger charge is -2.09. The maximum atomic E-state index is 11.7. The van der Waals surface area contributed by atoms with Crippen LogP contribution >= 0.6 is 0 Å². The van der Waals surface area contributed by atoms with Gasteiger partial charge in [0, 0.05) is 12.6 Å². The number of nitrogens with one attached hydrogen (secondary N) is 2. The average molecular weight is 343 g/mol. The fourth-order valence-corrected chi connectivity index (χ4v) is 2.02. The third kappa shape index (κ3) is 5.61. The Bertz CT molecular complexity index is 777. The van der Waals surface area contributed by atoms with Crippen LogP contribution in [0.2, 0.25) is 0 Å². The molecule has 0 saturated heterocycles. The molecule has 2 rings (SSSR count). The number of nitro benzene ring substituents is 1. The second-order valence-electron chi connectivity index (χ2n) is 5.23. The van der Waals surface area contributed by atoms with Crippen LogP contribution in [0.5, 0.6) is 5.75 Å². The van der Waals surface area contributed by atoms with Gasteiger partial charge in [-0.2, -0.15) is 0 Å². The molecule has 0 heterocycles. The zero-order valence-electron chi connectivity index (χ0n) is 13.5. The molecule has 0 bridgehead atoms. The maximum absolute atomic E-state index is 11.7. The zero-order chi connectivity index (χ0) is 18.2. The molecule has 8 heteroatoms. The molecule has 3 amide bonds. The Balaban J connectivity index is 1.82. The number of carbonyl (C=O) groups excluding carboxylic acids is 2. The van der Waals surface area contributed by atoms with Crippen molar-refractivity contribution in [3.63, 3.8) is 0 Å². The van der Waals surface area contributed by atoms with Crippen LogP contribution in [0.1, 0.15) is 11.1 Å². The summed E-state index contributed by atoms with van der Waals surface area (Å²) >= 11 is 0. The van der Waals surface area contributed by atoms with Crippen molar-refractivity contribution in [3.05, 3.63) is 69.8 Å². The smallest absolute Gasteiger partial charge is 0.321 e. The third-order valence-electron chi connectivity index (χ3n) is 3.22. The first kappa shape index (κ1) is 17.9. The van der Waals surface area contributed by atoms with Crippen LogP contribution in [-0.4, -0.2) is 23.5 Å². The van der Waals surface area contributed by atoms with E-state index in [4.69, 9.17) is 4.74 Å². The minimum absolute atomic E-state index is 0.0320. The highest BCUT2D eigenvalue weighted by Crippen LogP contribution is 2.27. The molecule has 0 fully saturated rings. The molecule has 2 N–H and O–H groups in total. The van der Waals surface area contributed by atoms with Crippen LogP contribution < -0.4 is 15.4 Å². The lowest BCUT2D eigenvalue weighted by Crippen LogP contribution is -2.41. The highest BCUT2D eigenvalue weighted by Gasteiger charge is 2.17. The molecule has 2 aromatic rings. The number of ether oxygens (including phenoxy) is 1. The fourth-order valence-electron chi connectivity index (χ4n) is 2.02. The van der Waals surface area contributed by atoms with Crippen molar-refractivity contribution in [2.24, 2.45) is 0 Å². The number of nitro groups is 1. The Hall–Kier alpha value is -3.42. The second kappa shape index (κ2) is 8.44. The van der Waals surface area contributed by atoms with E-state index in [0.717, 1.165) is 5.56 Å². The van der Waals surface area contributed by atoms with E-state index in [9.17, 15) is 19.7 Å². The van der Waals surface area contributed by atoms with Crippen molar-refractivity contribution in [2.75, 3.05) is 6.61 Å². The molecule has 0 radical (unpaired) electrons. The molecule has 0 aliphatic carbocycles. The molecule has 130 valence electrons. The van der Waals surface area contributed by atoms with Crippen molar-refractivity contribution < 1.29 is 19.2 Å². The van der Waals surface area contributed by atoms with Gasteiger partial charge in [0.15, 0.2) is 12.4 Å². The Morgan fingerprint density at radius 3 is 2.56 bits per heavy atom. The summed E-state index contributed by atoms with van der Waals surface area (Å²) in [6, 6.07) is 12.9. The Kier molecular flexibility index (Phi) is 6.05. The largest absolute Gasteiger partial charge is 0.477 e. The number of benzene rings is 2. The number of nitrogens with zero attached hydrogens (tertiary/aromatic N) is 1. The summed E-state index contributed by atoms with van der Waals surface area (Å²) in [4.78, 5) is 33.8. The maximum Gasteiger partial charge on any atom is 0.321 e. The average Bonchev–Trinajstić information content (AvgIpc) is 2.59. The first-order chi connectivity index (χ1) is 12.0. The van der Waals surface area contributed by atoms with Crippen LogP contribution in [0.25, 0.3) is 0 Å². The van der Waals surface area contributed by atoms with E-state index in [2.05, 4.69) is 10.6 Å². The molecule has 0 atom stereocenters. The van der Waals surface area contributed by atoms with E-state index in [-0.39, 0.29) is 18.0 Å². The van der Waals surface area contributed by atoms with Crippen LogP contribution in [0.15, 0.2) is 48.5 Å². The third-order valence-corrected chi connectivity index (χ3v) is 3.22. The van der Waals surface area contributed by atoms with Gasteiger partial charge in [0.2, 0.25) is 0 Å². The topological polar surface area (TPSA) is 111 Å². The highest BCUT2D eigenvalue weighted by atomic mass is 16.6. The van der Waals surface area contributed by atoms with Crippen molar-refractivity contribution in [2.45, 2.75) is 13.5 Å². The number of carbonyl (C=O) groups is 2. The van der Waals surface area contributed by atoms with E-state index in [0.29, 0.717) is 5.56 Å². The zero-order valence-corrected chi connectivity index (χ0v) is 13.5. The van der Waals surface area contributed by atoms with Gasteiger partial charge >= 0.3 is 11.7 Å². The van der Waals surface area contributed by atoms with Crippen LogP contribution in [0, 0.1) is 17.0 Å². The number of rotatable bonds is 6. The Morgan fingerprint density at radius 2 is 1.88 bits per heavy atom. The summed E-state index contributed by atoms with van der Waals surface area (Å²) in [5.74, 6) is -0.740. The standard InChI is InChI=1S/C17H17N3O5/c1-12-7-8-15(14(9-12)20(23)24)25-11-16(21)19-17(22)18-10-13-5-3-2-4-6-13/h2-9H,10-11H2,1H3,(H2,18,19,21,22). The van der Waals surface area contributed by atoms with Gasteiger partial charge in [-0.1, -0.05) is 36.4 Å². The molecule has 0 aromatic heterocycles. The van der Waals surface area contributed by atoms with Crippen molar-refractivity contribution in [1.29, 1.82) is 0 Å². The summed E-state index contributed by atoms with van der Waals surface area (Å²) in [7, 11) is 0. The van der Waals surface area contributed by atoms with Crippen LogP contribution in [0.3, 0.4) is 0 Å². The molecule has 8 nitrogen and oxygen atoms in total. The van der Waals surface area contributed by atoms with Gasteiger partial charge in [-0.3, -0.25) is 20.2 Å². The minimum atomic E-state index is -0.708. The molecule has 0 saturated carbocycles. The predicted octanol–water partition coefficient (Wildman–Crippen LogP) is 2.31. The normalized spacial score (nSPS) is 9.96. The van der Waals surface area contributed by atoms with E-state index in [1.807, 2.05) is 30.3 Å². The van der Waals surface area contributed by atoms with Crippen LogP contribution in [0.4, 0.5) is 10.5 Å². The Morgan fingerprint density at radius 1 is 1.16 bits per heavy atom. The first-order valence-corrected chi connectivity index (χ1v) is 7.45. The van der Waals surface area contributed by atoms with Gasteiger partial charge in [0.1, 0.15) is 0 Å². The van der Waals surface area contributed by atoms with Crippen molar-refractivity contribution >= 4 is 17.6 Å². The van der Waals surface area contributed by atoms with E-state index in [1.165, 1.54) is 12.1 Å². The summed E-state index contributed by atoms with van der Waals surface area (Å²) in [6.45, 7) is 1.47. The number of hydrogen-bond acceptors (Lipinski definition) is 5. The van der Waals surface area contributed by atoms with E-state index < -0.39 is 23.5 Å². The highest BCUT2D eigenvalue weighted by molar-refractivity contribution is 5.95. The molecule has 0 spiro atoms. The number of imide groups is 1. The van der Waals surface area contributed by atoms with Gasteiger partial charge in [0.25, 0.3) is 5.91 Å². The summed E-state index contributed by atoms with van der Waals surface area (Å²) in [5, 5.41) is 15.6. The number of amides is 3. The monoisotopic (exact) mass is 343 g/mol. The molecule has 0 unspecified atom stereocenters. The van der Waals surface area contributed by atoms with Gasteiger partial charge in [0.05, 0.1) is 4.92 Å². The summed E-state index contributed by atoms with van der Waals surface area (Å²) in [6.07, 6.45) is 0.